The Labute approximate surface area is 66.7 Å². The van der Waals surface area contributed by atoms with E-state index in [1.165, 1.54) is 7.11 Å². The van der Waals surface area contributed by atoms with Gasteiger partial charge in [0.2, 0.25) is 0 Å². The van der Waals surface area contributed by atoms with Crippen LogP contribution in [0, 0.1) is 5.92 Å². The smallest absolute Gasteiger partial charge is 0.311 e. The van der Waals surface area contributed by atoms with E-state index in [1.54, 1.807) is 26.0 Å². The zero-order valence-electron chi connectivity index (χ0n) is 7.07. The summed E-state index contributed by atoms with van der Waals surface area (Å²) < 4.78 is 4.45. The highest BCUT2D eigenvalue weighted by Crippen LogP contribution is 2.05. The summed E-state index contributed by atoms with van der Waals surface area (Å²) in [6.45, 7) is 3.41. The lowest BCUT2D eigenvalue weighted by molar-refractivity contribution is -0.147. The number of ether oxygens (including phenoxy) is 1. The van der Waals surface area contributed by atoms with Gasteiger partial charge in [0.1, 0.15) is 0 Å². The van der Waals surface area contributed by atoms with Crippen LogP contribution in [0.15, 0.2) is 12.2 Å². The third-order valence-electron chi connectivity index (χ3n) is 1.47. The number of allylic oxidation sites excluding steroid dienone is 1. The number of esters is 1. The van der Waals surface area contributed by atoms with Gasteiger partial charge in [0.15, 0.2) is 0 Å². The molecule has 0 bridgehead atoms. The average molecular weight is 158 g/mol. The molecule has 0 aliphatic heterocycles. The first-order chi connectivity index (χ1) is 5.13. The molecule has 0 aliphatic rings. The maximum Gasteiger partial charge on any atom is 0.311 e. The molecule has 2 atom stereocenters. The SMILES string of the molecule is C/C=C/C(O)C(C)C(=O)OC. The molecule has 0 fully saturated rings. The van der Waals surface area contributed by atoms with Gasteiger partial charge in [-0.1, -0.05) is 12.2 Å². The van der Waals surface area contributed by atoms with Crippen molar-refractivity contribution in [3.63, 3.8) is 0 Å². The second kappa shape index (κ2) is 4.91. The molecule has 1 N–H and O–H groups in total. The maximum atomic E-state index is 10.8. The Balaban J connectivity index is 4.01. The predicted molar refractivity (Wildman–Crippen MR) is 42.0 cm³/mol. The van der Waals surface area contributed by atoms with E-state index in [-0.39, 0.29) is 0 Å². The van der Waals surface area contributed by atoms with Crippen LogP contribution in [-0.4, -0.2) is 24.3 Å². The fourth-order valence-electron chi connectivity index (χ4n) is 0.689. The molecule has 64 valence electrons. The van der Waals surface area contributed by atoms with Crippen molar-refractivity contribution in [3.05, 3.63) is 12.2 Å². The van der Waals surface area contributed by atoms with Crippen molar-refractivity contribution in [1.29, 1.82) is 0 Å². The van der Waals surface area contributed by atoms with E-state index < -0.39 is 18.0 Å². The van der Waals surface area contributed by atoms with Crippen molar-refractivity contribution >= 4 is 5.97 Å². The first-order valence-corrected chi connectivity index (χ1v) is 3.52. The molecule has 3 nitrogen and oxygen atoms in total. The number of methoxy groups -OCH3 is 1. The van der Waals surface area contributed by atoms with Crippen molar-refractivity contribution in [2.24, 2.45) is 5.92 Å². The molecule has 11 heavy (non-hydrogen) atoms. The molecular formula is C8H14O3. The Morgan fingerprint density at radius 1 is 1.64 bits per heavy atom. The number of hydrogen-bond donors (Lipinski definition) is 1. The Kier molecular flexibility index (Phi) is 4.54. The lowest BCUT2D eigenvalue weighted by Crippen LogP contribution is -2.24. The topological polar surface area (TPSA) is 46.5 Å². The van der Waals surface area contributed by atoms with Gasteiger partial charge in [-0.2, -0.15) is 0 Å². The molecule has 2 unspecified atom stereocenters. The van der Waals surface area contributed by atoms with E-state index in [2.05, 4.69) is 4.74 Å². The molecule has 0 aliphatic carbocycles. The van der Waals surface area contributed by atoms with Gasteiger partial charge >= 0.3 is 5.97 Å². The number of carbonyl (C=O) groups is 1. The van der Waals surface area contributed by atoms with Crippen molar-refractivity contribution in [2.75, 3.05) is 7.11 Å². The molecule has 0 saturated carbocycles. The van der Waals surface area contributed by atoms with Crippen molar-refractivity contribution < 1.29 is 14.6 Å². The largest absolute Gasteiger partial charge is 0.469 e. The number of aliphatic hydroxyl groups is 1. The predicted octanol–water partition coefficient (Wildman–Crippen LogP) is 0.732. The number of hydrogen-bond acceptors (Lipinski definition) is 3. The molecule has 0 saturated heterocycles. The fraction of sp³-hybridized carbons (Fsp3) is 0.625. The van der Waals surface area contributed by atoms with Crippen LogP contribution in [0.25, 0.3) is 0 Å². The third-order valence-corrected chi connectivity index (χ3v) is 1.47. The molecule has 0 heterocycles. The first kappa shape index (κ1) is 10.2. The molecule has 0 spiro atoms. The summed E-state index contributed by atoms with van der Waals surface area (Å²) >= 11 is 0. The van der Waals surface area contributed by atoms with Crippen LogP contribution in [0.5, 0.6) is 0 Å². The quantitative estimate of drug-likeness (QED) is 0.486. The zero-order valence-corrected chi connectivity index (χ0v) is 7.07. The van der Waals surface area contributed by atoms with Crippen LogP contribution in [0.1, 0.15) is 13.8 Å². The summed E-state index contributed by atoms with van der Waals surface area (Å²) in [7, 11) is 1.31. The summed E-state index contributed by atoms with van der Waals surface area (Å²) in [6, 6.07) is 0. The molecule has 0 amide bonds. The number of rotatable bonds is 3. The second-order valence-corrected chi connectivity index (χ2v) is 2.33. The highest BCUT2D eigenvalue weighted by atomic mass is 16.5. The Morgan fingerprint density at radius 3 is 2.55 bits per heavy atom. The van der Waals surface area contributed by atoms with E-state index >= 15 is 0 Å². The van der Waals surface area contributed by atoms with Gasteiger partial charge in [-0.05, 0) is 13.8 Å². The first-order valence-electron chi connectivity index (χ1n) is 3.52. The summed E-state index contributed by atoms with van der Waals surface area (Å²) in [5, 5.41) is 9.23. The Morgan fingerprint density at radius 2 is 2.18 bits per heavy atom. The van der Waals surface area contributed by atoms with E-state index in [0.717, 1.165) is 0 Å². The molecule has 0 radical (unpaired) electrons. The van der Waals surface area contributed by atoms with Gasteiger partial charge < -0.3 is 9.84 Å². The number of aliphatic hydroxyl groups excluding tert-OH is 1. The Hall–Kier alpha value is -0.830. The highest BCUT2D eigenvalue weighted by molar-refractivity contribution is 5.72. The summed E-state index contributed by atoms with van der Waals surface area (Å²) in [6.07, 6.45) is 2.51. The van der Waals surface area contributed by atoms with E-state index in [4.69, 9.17) is 0 Å². The Bertz CT molecular complexity index is 151. The maximum absolute atomic E-state index is 10.8. The van der Waals surface area contributed by atoms with Crippen LogP contribution in [-0.2, 0) is 9.53 Å². The molecular weight excluding hydrogens is 144 g/mol. The van der Waals surface area contributed by atoms with Crippen LogP contribution in [0.2, 0.25) is 0 Å². The third kappa shape index (κ3) is 3.18. The van der Waals surface area contributed by atoms with Gasteiger partial charge in [-0.25, -0.2) is 0 Å². The number of carbonyl (C=O) groups excluding carboxylic acids is 1. The fourth-order valence-corrected chi connectivity index (χ4v) is 0.689. The van der Waals surface area contributed by atoms with Crippen LogP contribution >= 0.6 is 0 Å². The van der Waals surface area contributed by atoms with E-state index in [1.807, 2.05) is 0 Å². The average Bonchev–Trinajstić information content (AvgIpc) is 2.02. The van der Waals surface area contributed by atoms with Gasteiger partial charge in [-0.3, -0.25) is 4.79 Å². The van der Waals surface area contributed by atoms with E-state index in [9.17, 15) is 9.90 Å². The lowest BCUT2D eigenvalue weighted by atomic mass is 10.1. The van der Waals surface area contributed by atoms with Gasteiger partial charge in [0.05, 0.1) is 19.1 Å². The molecule has 0 rings (SSSR count). The van der Waals surface area contributed by atoms with Crippen LogP contribution in [0.3, 0.4) is 0 Å². The summed E-state index contributed by atoms with van der Waals surface area (Å²) in [4.78, 5) is 10.8. The molecule has 3 heteroatoms. The van der Waals surface area contributed by atoms with Gasteiger partial charge in [-0.15, -0.1) is 0 Å². The minimum atomic E-state index is -0.743. The normalized spacial score (nSPS) is 16.4. The van der Waals surface area contributed by atoms with Crippen molar-refractivity contribution in [3.8, 4) is 0 Å². The summed E-state index contributed by atoms with van der Waals surface area (Å²) in [5.74, 6) is -0.883. The van der Waals surface area contributed by atoms with Gasteiger partial charge in [0, 0.05) is 0 Å². The molecule has 0 aromatic carbocycles. The van der Waals surface area contributed by atoms with Crippen LogP contribution < -0.4 is 0 Å². The van der Waals surface area contributed by atoms with E-state index in [0.29, 0.717) is 0 Å². The van der Waals surface area contributed by atoms with Crippen LogP contribution in [0.4, 0.5) is 0 Å². The van der Waals surface area contributed by atoms with Gasteiger partial charge in [0.25, 0.3) is 0 Å². The van der Waals surface area contributed by atoms with Crippen molar-refractivity contribution in [2.45, 2.75) is 20.0 Å². The lowest BCUT2D eigenvalue weighted by Gasteiger charge is -2.11. The minimum absolute atomic E-state index is 0.393. The highest BCUT2D eigenvalue weighted by Gasteiger charge is 2.19. The monoisotopic (exact) mass is 158 g/mol. The standard InChI is InChI=1S/C8H14O3/c1-4-5-7(9)6(2)8(10)11-3/h4-7,9H,1-3H3/b5-4+. The molecule has 0 aromatic heterocycles. The van der Waals surface area contributed by atoms with Crippen molar-refractivity contribution in [1.82, 2.24) is 0 Å². The minimum Gasteiger partial charge on any atom is -0.469 e. The second-order valence-electron chi connectivity index (χ2n) is 2.33. The zero-order chi connectivity index (χ0) is 8.85. The summed E-state index contributed by atoms with van der Waals surface area (Å²) in [5.41, 5.74) is 0. The molecule has 0 aromatic rings.